The van der Waals surface area contributed by atoms with Crippen molar-refractivity contribution < 1.29 is 20.1 Å². The van der Waals surface area contributed by atoms with E-state index in [1.165, 1.54) is 21.5 Å². The van der Waals surface area contributed by atoms with E-state index in [0.717, 1.165) is 0 Å². The third-order valence-corrected chi connectivity index (χ3v) is 3.09. The predicted molar refractivity (Wildman–Crippen MR) is 81.4 cm³/mol. The molecular formula is C12H18N6O6. The maximum Gasteiger partial charge on any atom is 0.342 e. The molecule has 2 N–H and O–H groups in total. The molecule has 0 saturated heterocycles. The average molecular weight is 342 g/mol. The van der Waals surface area contributed by atoms with Gasteiger partial charge in [-0.2, -0.15) is 0 Å². The van der Waals surface area contributed by atoms with Crippen LogP contribution >= 0.6 is 0 Å². The Hall–Kier alpha value is -2.86. The third kappa shape index (κ3) is 4.57. The van der Waals surface area contributed by atoms with E-state index < -0.39 is 9.85 Å². The molecule has 0 unspecified atom stereocenters. The Balaban J connectivity index is 0.000000240. The molecule has 0 fully saturated rings. The molecule has 0 atom stereocenters. The summed E-state index contributed by atoms with van der Waals surface area (Å²) < 4.78 is 2.72. The highest BCUT2D eigenvalue weighted by molar-refractivity contribution is 5.19. The van der Waals surface area contributed by atoms with Crippen LogP contribution in [0.1, 0.15) is 11.6 Å². The zero-order chi connectivity index (χ0) is 18.3. The van der Waals surface area contributed by atoms with Crippen molar-refractivity contribution in [1.29, 1.82) is 0 Å². The Labute approximate surface area is 136 Å². The van der Waals surface area contributed by atoms with Gasteiger partial charge in [-0.15, -0.1) is 0 Å². The van der Waals surface area contributed by atoms with Crippen LogP contribution < -0.4 is 0 Å². The van der Waals surface area contributed by atoms with Gasteiger partial charge >= 0.3 is 11.6 Å². The zero-order valence-electron chi connectivity index (χ0n) is 13.2. The second-order valence-corrected chi connectivity index (χ2v) is 4.59. The number of aliphatic hydroxyl groups excluding tert-OH is 2. The summed E-state index contributed by atoms with van der Waals surface area (Å²) in [5.74, 6) is 0.912. The molecular weight excluding hydrogens is 324 g/mol. The van der Waals surface area contributed by atoms with Crippen molar-refractivity contribution >= 4 is 11.6 Å². The zero-order valence-corrected chi connectivity index (χ0v) is 13.2. The molecule has 24 heavy (non-hydrogen) atoms. The van der Waals surface area contributed by atoms with Crippen molar-refractivity contribution in [2.45, 2.75) is 26.9 Å². The highest BCUT2D eigenvalue weighted by atomic mass is 16.6. The summed E-state index contributed by atoms with van der Waals surface area (Å²) in [5, 5.41) is 37.9. The van der Waals surface area contributed by atoms with Crippen molar-refractivity contribution in [2.24, 2.45) is 0 Å². The average Bonchev–Trinajstić information content (AvgIpc) is 3.06. The second-order valence-electron chi connectivity index (χ2n) is 4.59. The van der Waals surface area contributed by atoms with Crippen molar-refractivity contribution in [1.82, 2.24) is 19.1 Å². The molecule has 0 bridgehead atoms. The van der Waals surface area contributed by atoms with E-state index in [4.69, 9.17) is 10.2 Å². The summed E-state index contributed by atoms with van der Waals surface area (Å²) in [6.07, 6.45) is 2.37. The van der Waals surface area contributed by atoms with Gasteiger partial charge in [0.25, 0.3) is 0 Å². The number of aromatic nitrogens is 4. The van der Waals surface area contributed by atoms with Gasteiger partial charge in [0.05, 0.1) is 13.2 Å². The lowest BCUT2D eigenvalue weighted by molar-refractivity contribution is -0.392. The monoisotopic (exact) mass is 342 g/mol. The summed E-state index contributed by atoms with van der Waals surface area (Å²) in [6.45, 7) is 3.48. The van der Waals surface area contributed by atoms with E-state index in [0.29, 0.717) is 11.6 Å². The molecule has 0 saturated carbocycles. The van der Waals surface area contributed by atoms with Crippen LogP contribution in [-0.2, 0) is 13.1 Å². The molecule has 2 aromatic heterocycles. The molecule has 0 amide bonds. The first kappa shape index (κ1) is 19.2. The van der Waals surface area contributed by atoms with E-state index in [9.17, 15) is 20.2 Å². The third-order valence-electron chi connectivity index (χ3n) is 3.09. The van der Waals surface area contributed by atoms with Crippen molar-refractivity contribution in [2.75, 3.05) is 13.2 Å². The molecule has 0 spiro atoms. The van der Waals surface area contributed by atoms with Crippen LogP contribution in [0, 0.1) is 34.1 Å². The number of aryl methyl sites for hydroxylation is 2. The summed E-state index contributed by atoms with van der Waals surface area (Å²) in [5.41, 5.74) is 0. The first-order valence-electron chi connectivity index (χ1n) is 6.88. The van der Waals surface area contributed by atoms with E-state index in [1.54, 1.807) is 13.8 Å². The number of hydrogen-bond acceptors (Lipinski definition) is 8. The predicted octanol–water partition coefficient (Wildman–Crippen LogP) is 0.184. The quantitative estimate of drug-likeness (QED) is 0.555. The van der Waals surface area contributed by atoms with Crippen molar-refractivity contribution in [3.63, 3.8) is 0 Å². The fourth-order valence-electron chi connectivity index (χ4n) is 1.96. The molecule has 0 aliphatic rings. The standard InChI is InChI=1S/2C6H9N3O3/c2*1-5-7-4-6(9(11)12)8(5)2-3-10/h2*4,10H,2-3H2,1H3. The van der Waals surface area contributed by atoms with E-state index in [2.05, 4.69) is 9.97 Å². The number of rotatable bonds is 6. The first-order valence-corrected chi connectivity index (χ1v) is 6.88. The van der Waals surface area contributed by atoms with Gasteiger partial charge in [-0.3, -0.25) is 0 Å². The van der Waals surface area contributed by atoms with Crippen LogP contribution in [0.3, 0.4) is 0 Å². The SMILES string of the molecule is Cc1ncc([N+](=O)[O-])n1CCO.Cc1ncc([N+](=O)[O-])n1CCO. The van der Waals surface area contributed by atoms with E-state index >= 15 is 0 Å². The smallest absolute Gasteiger partial charge is 0.342 e. The minimum atomic E-state index is -0.518. The van der Waals surface area contributed by atoms with Gasteiger partial charge in [-0.05, 0) is 9.85 Å². The molecule has 2 rings (SSSR count). The Morgan fingerprint density at radius 3 is 1.50 bits per heavy atom. The Kier molecular flexibility index (Phi) is 6.95. The first-order chi connectivity index (χ1) is 11.3. The van der Waals surface area contributed by atoms with Gasteiger partial charge in [-0.1, -0.05) is 0 Å². The number of hydrogen-bond donors (Lipinski definition) is 2. The Morgan fingerprint density at radius 1 is 0.917 bits per heavy atom. The van der Waals surface area contributed by atoms with Crippen LogP contribution in [-0.4, -0.2) is 52.4 Å². The maximum atomic E-state index is 10.4. The Bertz CT molecular complexity index is 649. The fourth-order valence-corrected chi connectivity index (χ4v) is 1.96. The van der Waals surface area contributed by atoms with Crippen LogP contribution in [0.25, 0.3) is 0 Å². The molecule has 0 aromatic carbocycles. The van der Waals surface area contributed by atoms with Crippen LogP contribution in [0.5, 0.6) is 0 Å². The molecule has 0 aliphatic carbocycles. The maximum absolute atomic E-state index is 10.4. The number of nitrogens with zero attached hydrogens (tertiary/aromatic N) is 6. The topological polar surface area (TPSA) is 162 Å². The largest absolute Gasteiger partial charge is 0.392 e. The fraction of sp³-hybridized carbons (Fsp3) is 0.500. The summed E-state index contributed by atoms with van der Waals surface area (Å²) in [6, 6.07) is 0. The lowest BCUT2D eigenvalue weighted by Gasteiger charge is -1.98. The lowest BCUT2D eigenvalue weighted by Crippen LogP contribution is -2.07. The molecule has 2 aromatic rings. The van der Waals surface area contributed by atoms with E-state index in [1.807, 2.05) is 0 Å². The molecule has 2 heterocycles. The lowest BCUT2D eigenvalue weighted by atomic mass is 10.6. The Morgan fingerprint density at radius 2 is 1.25 bits per heavy atom. The summed E-state index contributed by atoms with van der Waals surface area (Å²) >= 11 is 0. The van der Waals surface area contributed by atoms with E-state index in [-0.39, 0.29) is 37.9 Å². The van der Waals surface area contributed by atoms with Gasteiger partial charge in [0.2, 0.25) is 0 Å². The molecule has 0 radical (unpaired) electrons. The van der Waals surface area contributed by atoms with Gasteiger partial charge in [0, 0.05) is 13.8 Å². The summed E-state index contributed by atoms with van der Waals surface area (Å²) in [7, 11) is 0. The number of nitro groups is 2. The van der Waals surface area contributed by atoms with Gasteiger partial charge in [0.15, 0.2) is 11.6 Å². The molecule has 132 valence electrons. The van der Waals surface area contributed by atoms with Gasteiger partial charge in [0.1, 0.15) is 25.5 Å². The highest BCUT2D eigenvalue weighted by Crippen LogP contribution is 2.13. The van der Waals surface area contributed by atoms with Crippen molar-refractivity contribution in [3.05, 3.63) is 44.3 Å². The highest BCUT2D eigenvalue weighted by Gasteiger charge is 2.16. The van der Waals surface area contributed by atoms with Crippen LogP contribution in [0.2, 0.25) is 0 Å². The van der Waals surface area contributed by atoms with Gasteiger partial charge in [-0.25, -0.2) is 19.1 Å². The second kappa shape index (κ2) is 8.69. The van der Waals surface area contributed by atoms with Crippen LogP contribution in [0.15, 0.2) is 12.4 Å². The molecule has 12 heteroatoms. The molecule has 12 nitrogen and oxygen atoms in total. The van der Waals surface area contributed by atoms with Gasteiger partial charge < -0.3 is 30.4 Å². The van der Waals surface area contributed by atoms with Crippen LogP contribution in [0.4, 0.5) is 11.6 Å². The minimum Gasteiger partial charge on any atom is -0.392 e. The summed E-state index contributed by atoms with van der Waals surface area (Å²) in [4.78, 5) is 27.2. The number of imidazole rings is 2. The normalized spacial score (nSPS) is 10.2. The number of aliphatic hydroxyl groups is 2. The van der Waals surface area contributed by atoms with Crippen molar-refractivity contribution in [3.8, 4) is 0 Å². The minimum absolute atomic E-state index is 0.0819. The molecule has 0 aliphatic heterocycles.